The molecular weight excluding hydrogens is 244 g/mol. The molecule has 3 rings (SSSR count). The topological polar surface area (TPSA) is 67.6 Å². The Bertz CT molecular complexity index is 659. The minimum absolute atomic E-state index is 0.208. The molecule has 0 aliphatic rings. The minimum Gasteiger partial charge on any atom is -0.384 e. The molecule has 18 heavy (non-hydrogen) atoms. The summed E-state index contributed by atoms with van der Waals surface area (Å²) in [7, 11) is 0. The van der Waals surface area contributed by atoms with Crippen LogP contribution in [0, 0.1) is 0 Å². The first kappa shape index (κ1) is 11.1. The fourth-order valence-electron chi connectivity index (χ4n) is 1.86. The highest BCUT2D eigenvalue weighted by Gasteiger charge is 2.15. The molecule has 0 aliphatic heterocycles. The van der Waals surface area contributed by atoms with E-state index in [1.165, 1.54) is 0 Å². The molecule has 3 N–H and O–H groups in total. The number of aromatic amines is 1. The molecule has 2 aromatic heterocycles. The van der Waals surface area contributed by atoms with Crippen molar-refractivity contribution in [3.63, 3.8) is 0 Å². The van der Waals surface area contributed by atoms with E-state index in [1.807, 2.05) is 36.4 Å². The number of H-pyrrole nitrogens is 1. The number of para-hydroxylation sites is 2. The third-order valence-corrected chi connectivity index (χ3v) is 3.25. The van der Waals surface area contributed by atoms with Gasteiger partial charge in [-0.05, 0) is 24.3 Å². The number of nitrogen functional groups attached to an aromatic ring is 1. The van der Waals surface area contributed by atoms with Gasteiger partial charge in [0.2, 0.25) is 0 Å². The standard InChI is InChI=1S/C13H12N4S/c14-11-7-3-6-10(15-11)12(18)13-16-8-4-1-2-5-9(8)17-13/h1-7,12,18H,(H2,14,15)(H,16,17). The first-order valence-electron chi connectivity index (χ1n) is 5.59. The average Bonchev–Trinajstić information content (AvgIpc) is 2.81. The Hall–Kier alpha value is -2.01. The van der Waals surface area contributed by atoms with Gasteiger partial charge in [0.05, 0.1) is 16.7 Å². The zero-order valence-corrected chi connectivity index (χ0v) is 10.4. The number of fused-ring (bicyclic) bond motifs is 1. The normalized spacial score (nSPS) is 12.7. The van der Waals surface area contributed by atoms with E-state index in [2.05, 4.69) is 27.6 Å². The third-order valence-electron chi connectivity index (χ3n) is 2.74. The molecule has 1 aromatic carbocycles. The molecular formula is C13H12N4S. The number of anilines is 1. The maximum absolute atomic E-state index is 5.67. The highest BCUT2D eigenvalue weighted by atomic mass is 32.1. The van der Waals surface area contributed by atoms with Crippen molar-refractivity contribution in [2.45, 2.75) is 5.25 Å². The Morgan fingerprint density at radius 3 is 2.67 bits per heavy atom. The Morgan fingerprint density at radius 2 is 1.89 bits per heavy atom. The largest absolute Gasteiger partial charge is 0.384 e. The van der Waals surface area contributed by atoms with E-state index in [4.69, 9.17) is 5.73 Å². The van der Waals surface area contributed by atoms with Crippen molar-refractivity contribution in [2.75, 3.05) is 5.73 Å². The van der Waals surface area contributed by atoms with E-state index in [0.717, 1.165) is 22.6 Å². The summed E-state index contributed by atoms with van der Waals surface area (Å²) in [5.41, 5.74) is 8.39. The van der Waals surface area contributed by atoms with Crippen molar-refractivity contribution < 1.29 is 0 Å². The molecule has 0 bridgehead atoms. The second-order valence-electron chi connectivity index (χ2n) is 4.03. The molecule has 0 spiro atoms. The lowest BCUT2D eigenvalue weighted by atomic mass is 10.2. The van der Waals surface area contributed by atoms with Crippen LogP contribution in [-0.4, -0.2) is 15.0 Å². The fourth-order valence-corrected chi connectivity index (χ4v) is 2.13. The van der Waals surface area contributed by atoms with E-state index in [0.29, 0.717) is 5.82 Å². The molecule has 3 aromatic rings. The third kappa shape index (κ3) is 1.93. The second kappa shape index (κ2) is 4.34. The molecule has 1 atom stereocenters. The summed E-state index contributed by atoms with van der Waals surface area (Å²) >= 11 is 4.56. The zero-order valence-electron chi connectivity index (χ0n) is 9.54. The lowest BCUT2D eigenvalue weighted by Gasteiger charge is -2.07. The number of nitrogens with two attached hydrogens (primary N) is 1. The van der Waals surface area contributed by atoms with Gasteiger partial charge in [-0.3, -0.25) is 0 Å². The van der Waals surface area contributed by atoms with Crippen LogP contribution in [0.1, 0.15) is 16.8 Å². The number of pyridine rings is 1. The van der Waals surface area contributed by atoms with E-state index in [9.17, 15) is 0 Å². The average molecular weight is 256 g/mol. The number of aromatic nitrogens is 3. The van der Waals surface area contributed by atoms with Gasteiger partial charge in [-0.2, -0.15) is 12.6 Å². The molecule has 90 valence electrons. The fraction of sp³-hybridized carbons (Fsp3) is 0.0769. The summed E-state index contributed by atoms with van der Waals surface area (Å²) in [6.45, 7) is 0. The van der Waals surface area contributed by atoms with Crippen molar-refractivity contribution in [3.05, 3.63) is 54.0 Å². The SMILES string of the molecule is Nc1cccc(C(S)c2nc3ccccc3[nH]2)n1. The van der Waals surface area contributed by atoms with E-state index < -0.39 is 0 Å². The number of hydrogen-bond acceptors (Lipinski definition) is 4. The number of imidazole rings is 1. The lowest BCUT2D eigenvalue weighted by molar-refractivity contribution is 0.972. The predicted molar refractivity (Wildman–Crippen MR) is 75.6 cm³/mol. The smallest absolute Gasteiger partial charge is 0.126 e. The molecule has 0 fully saturated rings. The number of rotatable bonds is 2. The van der Waals surface area contributed by atoms with Crippen LogP contribution in [0.3, 0.4) is 0 Å². The summed E-state index contributed by atoms with van der Waals surface area (Å²) in [4.78, 5) is 12.0. The maximum Gasteiger partial charge on any atom is 0.126 e. The summed E-state index contributed by atoms with van der Waals surface area (Å²) in [5, 5.41) is -0.208. The van der Waals surface area contributed by atoms with Gasteiger partial charge in [-0.1, -0.05) is 18.2 Å². The summed E-state index contributed by atoms with van der Waals surface area (Å²) < 4.78 is 0. The van der Waals surface area contributed by atoms with Gasteiger partial charge in [0.25, 0.3) is 0 Å². The van der Waals surface area contributed by atoms with E-state index in [1.54, 1.807) is 6.07 Å². The van der Waals surface area contributed by atoms with Gasteiger partial charge in [0.15, 0.2) is 0 Å². The van der Waals surface area contributed by atoms with Gasteiger partial charge in [-0.25, -0.2) is 9.97 Å². The molecule has 0 aliphatic carbocycles. The first-order valence-corrected chi connectivity index (χ1v) is 6.11. The second-order valence-corrected chi connectivity index (χ2v) is 4.55. The quantitative estimate of drug-likeness (QED) is 0.617. The molecule has 0 saturated heterocycles. The Labute approximate surface area is 110 Å². The molecule has 0 radical (unpaired) electrons. The minimum atomic E-state index is -0.208. The highest BCUT2D eigenvalue weighted by molar-refractivity contribution is 7.80. The van der Waals surface area contributed by atoms with Crippen molar-refractivity contribution in [1.82, 2.24) is 15.0 Å². The van der Waals surface area contributed by atoms with Crippen LogP contribution in [0.15, 0.2) is 42.5 Å². The van der Waals surface area contributed by atoms with Crippen molar-refractivity contribution in [3.8, 4) is 0 Å². The zero-order chi connectivity index (χ0) is 12.5. The van der Waals surface area contributed by atoms with Crippen LogP contribution in [-0.2, 0) is 0 Å². The highest BCUT2D eigenvalue weighted by Crippen LogP contribution is 2.26. The Balaban J connectivity index is 2.03. The van der Waals surface area contributed by atoms with Crippen LogP contribution >= 0.6 is 12.6 Å². The van der Waals surface area contributed by atoms with Gasteiger partial charge in [0.1, 0.15) is 16.9 Å². The number of hydrogen-bond donors (Lipinski definition) is 3. The van der Waals surface area contributed by atoms with Crippen LogP contribution in [0.5, 0.6) is 0 Å². The number of nitrogens with zero attached hydrogens (tertiary/aromatic N) is 2. The number of thiol groups is 1. The summed E-state index contributed by atoms with van der Waals surface area (Å²) in [6, 6.07) is 13.4. The van der Waals surface area contributed by atoms with Crippen LogP contribution in [0.25, 0.3) is 11.0 Å². The Kier molecular flexibility index (Phi) is 2.68. The van der Waals surface area contributed by atoms with Gasteiger partial charge in [-0.15, -0.1) is 0 Å². The lowest BCUT2D eigenvalue weighted by Crippen LogP contribution is -2.01. The molecule has 0 amide bonds. The molecule has 1 unspecified atom stereocenters. The van der Waals surface area contributed by atoms with Crippen molar-refractivity contribution >= 4 is 29.5 Å². The molecule has 0 saturated carbocycles. The number of nitrogens with one attached hydrogen (secondary N) is 1. The predicted octanol–water partition coefficient (Wildman–Crippen LogP) is 2.56. The Morgan fingerprint density at radius 1 is 1.06 bits per heavy atom. The summed E-state index contributed by atoms with van der Waals surface area (Å²) in [5.74, 6) is 1.26. The number of benzene rings is 1. The van der Waals surface area contributed by atoms with Gasteiger partial charge >= 0.3 is 0 Å². The monoisotopic (exact) mass is 256 g/mol. The summed E-state index contributed by atoms with van der Waals surface area (Å²) in [6.07, 6.45) is 0. The molecule has 2 heterocycles. The van der Waals surface area contributed by atoms with Crippen molar-refractivity contribution in [1.29, 1.82) is 0 Å². The van der Waals surface area contributed by atoms with Crippen LogP contribution < -0.4 is 5.73 Å². The van der Waals surface area contributed by atoms with E-state index in [-0.39, 0.29) is 5.25 Å². The van der Waals surface area contributed by atoms with Crippen molar-refractivity contribution in [2.24, 2.45) is 0 Å². The van der Waals surface area contributed by atoms with Gasteiger partial charge in [0, 0.05) is 0 Å². The molecule has 4 nitrogen and oxygen atoms in total. The first-order chi connectivity index (χ1) is 8.74. The maximum atomic E-state index is 5.67. The van der Waals surface area contributed by atoms with Crippen LogP contribution in [0.4, 0.5) is 5.82 Å². The van der Waals surface area contributed by atoms with E-state index >= 15 is 0 Å². The molecule has 5 heteroatoms. The van der Waals surface area contributed by atoms with Crippen LogP contribution in [0.2, 0.25) is 0 Å². The van der Waals surface area contributed by atoms with Gasteiger partial charge < -0.3 is 10.7 Å².